The third-order valence-corrected chi connectivity index (χ3v) is 5.43. The summed E-state index contributed by atoms with van der Waals surface area (Å²) in [5.74, 6) is 2.80. The van der Waals surface area contributed by atoms with Gasteiger partial charge in [0.05, 0.1) is 13.2 Å². The van der Waals surface area contributed by atoms with Crippen LogP contribution >= 0.6 is 11.8 Å². The Morgan fingerprint density at radius 2 is 0.968 bits per heavy atom. The van der Waals surface area contributed by atoms with Crippen molar-refractivity contribution >= 4 is 28.8 Å². The molecule has 0 amide bonds. The molecule has 3 rings (SSSR count). The maximum atomic E-state index is 5.87. The van der Waals surface area contributed by atoms with Crippen LogP contribution in [0.15, 0.2) is 77.7 Å². The van der Waals surface area contributed by atoms with Gasteiger partial charge in [0, 0.05) is 22.0 Å². The summed E-state index contributed by atoms with van der Waals surface area (Å²) in [6, 6.07) is 25.3. The van der Waals surface area contributed by atoms with Gasteiger partial charge in [0.15, 0.2) is 0 Å². The van der Waals surface area contributed by atoms with Crippen molar-refractivity contribution in [1.29, 1.82) is 0 Å². The van der Waals surface area contributed by atoms with Crippen LogP contribution in [0, 0.1) is 11.8 Å². The number of benzene rings is 3. The first-order valence-corrected chi connectivity index (χ1v) is 12.1. The molecular formula is C27H33NO2S. The Kier molecular flexibility index (Phi) is 8.30. The average molecular weight is 436 g/mol. The lowest BCUT2D eigenvalue weighted by Crippen LogP contribution is -2.10. The molecule has 0 saturated heterocycles. The average Bonchev–Trinajstić information content (AvgIpc) is 2.78. The lowest BCUT2D eigenvalue weighted by atomic mass is 10.2. The highest BCUT2D eigenvalue weighted by Gasteiger charge is 2.13. The Hall–Kier alpha value is -2.59. The van der Waals surface area contributed by atoms with Gasteiger partial charge in [0.2, 0.25) is 0 Å². The summed E-state index contributed by atoms with van der Waals surface area (Å²) >= 11 is 1.75. The fourth-order valence-electron chi connectivity index (χ4n) is 3.09. The van der Waals surface area contributed by atoms with Gasteiger partial charge >= 0.3 is 0 Å². The number of thioether (sulfide) groups is 1. The van der Waals surface area contributed by atoms with Crippen molar-refractivity contribution in [2.45, 2.75) is 32.6 Å². The number of rotatable bonds is 10. The number of nitrogens with zero attached hydrogens (tertiary/aromatic N) is 1. The van der Waals surface area contributed by atoms with E-state index < -0.39 is 0 Å². The summed E-state index contributed by atoms with van der Waals surface area (Å²) < 4.78 is 11.7. The van der Waals surface area contributed by atoms with Crippen LogP contribution in [0.4, 0.5) is 17.1 Å². The van der Waals surface area contributed by atoms with E-state index in [1.165, 1.54) is 4.90 Å². The number of ether oxygens (including phenoxy) is 2. The van der Waals surface area contributed by atoms with Gasteiger partial charge in [-0.2, -0.15) is 0 Å². The Morgan fingerprint density at radius 1 is 0.613 bits per heavy atom. The van der Waals surface area contributed by atoms with Crippen molar-refractivity contribution in [3.63, 3.8) is 0 Å². The van der Waals surface area contributed by atoms with Gasteiger partial charge in [-0.15, -0.1) is 11.8 Å². The summed E-state index contributed by atoms with van der Waals surface area (Å²) in [4.78, 5) is 3.50. The van der Waals surface area contributed by atoms with Crippen molar-refractivity contribution < 1.29 is 9.47 Å². The minimum absolute atomic E-state index is 0.502. The van der Waals surface area contributed by atoms with Crippen LogP contribution in [0.3, 0.4) is 0 Å². The zero-order chi connectivity index (χ0) is 22.2. The quantitative estimate of drug-likeness (QED) is 0.301. The Bertz CT molecular complexity index is 863. The molecule has 0 aliphatic heterocycles. The molecule has 3 nitrogen and oxygen atoms in total. The van der Waals surface area contributed by atoms with E-state index in [0.29, 0.717) is 11.8 Å². The molecular weight excluding hydrogens is 402 g/mol. The SMILES string of the molecule is CSc1ccc(N(c2ccc(OCC(C)C)cc2)c2ccc(OCC(C)C)cc2)cc1. The molecule has 164 valence electrons. The van der Waals surface area contributed by atoms with Crippen LogP contribution < -0.4 is 14.4 Å². The maximum Gasteiger partial charge on any atom is 0.119 e. The van der Waals surface area contributed by atoms with Crippen LogP contribution in [-0.4, -0.2) is 19.5 Å². The normalized spacial score (nSPS) is 11.1. The van der Waals surface area contributed by atoms with Crippen LogP contribution in [0.5, 0.6) is 11.5 Å². The van der Waals surface area contributed by atoms with E-state index in [4.69, 9.17) is 9.47 Å². The molecule has 0 heterocycles. The van der Waals surface area contributed by atoms with E-state index in [-0.39, 0.29) is 0 Å². The maximum absolute atomic E-state index is 5.87. The first-order valence-electron chi connectivity index (χ1n) is 10.9. The predicted octanol–water partition coefficient (Wildman–Crippen LogP) is 7.95. The molecule has 0 spiro atoms. The number of anilines is 3. The van der Waals surface area contributed by atoms with E-state index in [9.17, 15) is 0 Å². The molecule has 0 radical (unpaired) electrons. The molecule has 4 heteroatoms. The zero-order valence-corrected chi connectivity index (χ0v) is 20.0. The number of hydrogen-bond acceptors (Lipinski definition) is 4. The predicted molar refractivity (Wildman–Crippen MR) is 134 cm³/mol. The van der Waals surface area contributed by atoms with Gasteiger partial charge < -0.3 is 14.4 Å². The molecule has 0 aliphatic rings. The third-order valence-electron chi connectivity index (χ3n) is 4.69. The highest BCUT2D eigenvalue weighted by Crippen LogP contribution is 2.36. The molecule has 0 bridgehead atoms. The fourth-order valence-corrected chi connectivity index (χ4v) is 3.50. The molecule has 0 fully saturated rings. The van der Waals surface area contributed by atoms with Gasteiger partial charge in [-0.3, -0.25) is 0 Å². The van der Waals surface area contributed by atoms with Crippen molar-refractivity contribution in [3.8, 4) is 11.5 Å². The summed E-state index contributed by atoms with van der Waals surface area (Å²) in [5, 5.41) is 0. The largest absolute Gasteiger partial charge is 0.493 e. The topological polar surface area (TPSA) is 21.7 Å². The molecule has 0 unspecified atom stereocenters. The molecule has 0 atom stereocenters. The van der Waals surface area contributed by atoms with Gasteiger partial charge in [-0.05, 0) is 90.9 Å². The molecule has 0 aliphatic carbocycles. The molecule has 0 aromatic heterocycles. The van der Waals surface area contributed by atoms with E-state index in [2.05, 4.69) is 87.4 Å². The van der Waals surface area contributed by atoms with Crippen molar-refractivity contribution in [2.75, 3.05) is 24.4 Å². The van der Waals surface area contributed by atoms with Crippen molar-refractivity contribution in [2.24, 2.45) is 11.8 Å². The monoisotopic (exact) mass is 435 g/mol. The first-order chi connectivity index (χ1) is 15.0. The summed E-state index contributed by atoms with van der Waals surface area (Å²) in [6.07, 6.45) is 2.10. The smallest absolute Gasteiger partial charge is 0.119 e. The minimum atomic E-state index is 0.502. The fraction of sp³-hybridized carbons (Fsp3) is 0.333. The Morgan fingerprint density at radius 3 is 1.29 bits per heavy atom. The van der Waals surface area contributed by atoms with Gasteiger partial charge in [0.25, 0.3) is 0 Å². The van der Waals surface area contributed by atoms with Crippen LogP contribution in [-0.2, 0) is 0 Å². The van der Waals surface area contributed by atoms with Crippen LogP contribution in [0.2, 0.25) is 0 Å². The minimum Gasteiger partial charge on any atom is -0.493 e. The second-order valence-electron chi connectivity index (χ2n) is 8.43. The second kappa shape index (κ2) is 11.1. The van der Waals surface area contributed by atoms with Gasteiger partial charge in [-0.1, -0.05) is 27.7 Å². The lowest BCUT2D eigenvalue weighted by molar-refractivity contribution is 0.271. The van der Waals surface area contributed by atoms with Crippen LogP contribution in [0.1, 0.15) is 27.7 Å². The summed E-state index contributed by atoms with van der Waals surface area (Å²) in [5.41, 5.74) is 3.29. The standard InChI is InChI=1S/C27H33NO2S/c1-20(2)18-29-25-12-6-22(7-13-25)28(24-10-16-27(31-5)17-11-24)23-8-14-26(15-9-23)30-19-21(3)4/h6-17,20-21H,18-19H2,1-5H3. The molecule has 3 aromatic carbocycles. The van der Waals surface area contributed by atoms with Gasteiger partial charge in [-0.25, -0.2) is 0 Å². The first kappa shape index (κ1) is 23.1. The summed E-state index contributed by atoms with van der Waals surface area (Å²) in [7, 11) is 0. The van der Waals surface area contributed by atoms with E-state index in [1.807, 2.05) is 24.3 Å². The Labute approximate surface area is 191 Å². The molecule has 0 saturated carbocycles. The second-order valence-corrected chi connectivity index (χ2v) is 9.31. The molecule has 31 heavy (non-hydrogen) atoms. The molecule has 3 aromatic rings. The van der Waals surface area contributed by atoms with E-state index in [1.54, 1.807) is 11.8 Å². The van der Waals surface area contributed by atoms with E-state index in [0.717, 1.165) is 41.8 Å². The summed E-state index contributed by atoms with van der Waals surface area (Å²) in [6.45, 7) is 10.1. The lowest BCUT2D eigenvalue weighted by Gasteiger charge is -2.26. The zero-order valence-electron chi connectivity index (χ0n) is 19.2. The third kappa shape index (κ3) is 6.70. The van der Waals surface area contributed by atoms with E-state index >= 15 is 0 Å². The number of hydrogen-bond donors (Lipinski definition) is 0. The van der Waals surface area contributed by atoms with Crippen LogP contribution in [0.25, 0.3) is 0 Å². The Balaban J connectivity index is 1.89. The van der Waals surface area contributed by atoms with Crippen molar-refractivity contribution in [1.82, 2.24) is 0 Å². The highest BCUT2D eigenvalue weighted by atomic mass is 32.2. The van der Waals surface area contributed by atoms with Crippen molar-refractivity contribution in [3.05, 3.63) is 72.8 Å². The highest BCUT2D eigenvalue weighted by molar-refractivity contribution is 7.98. The molecule has 0 N–H and O–H groups in total. The van der Waals surface area contributed by atoms with Gasteiger partial charge in [0.1, 0.15) is 11.5 Å².